The number of likely N-dealkylation sites (N-methyl/N-ethyl adjacent to an activating group) is 1. The van der Waals surface area contributed by atoms with Crippen LogP contribution in [0.15, 0.2) is 24.8 Å². The first-order valence-corrected chi connectivity index (χ1v) is 8.35. The summed E-state index contributed by atoms with van der Waals surface area (Å²) >= 11 is 0. The second-order valence-electron chi connectivity index (χ2n) is 6.40. The van der Waals surface area contributed by atoms with Crippen molar-refractivity contribution >= 4 is 0 Å². The van der Waals surface area contributed by atoms with E-state index in [2.05, 4.69) is 49.4 Å². The fraction of sp³-hybridized carbons (Fsp3) is 0.579. The van der Waals surface area contributed by atoms with Crippen LogP contribution in [0, 0.1) is 13.8 Å². The van der Waals surface area contributed by atoms with Gasteiger partial charge >= 0.3 is 0 Å². The van der Waals surface area contributed by atoms with E-state index in [1.807, 2.05) is 6.08 Å². The topological polar surface area (TPSA) is 15.7 Å². The van der Waals surface area contributed by atoms with Gasteiger partial charge in [-0.15, -0.1) is 6.58 Å². The Kier molecular flexibility index (Phi) is 6.47. The first-order valence-electron chi connectivity index (χ1n) is 8.35. The monoisotopic (exact) mass is 302 g/mol. The lowest BCUT2D eigenvalue weighted by Gasteiger charge is -2.32. The molecule has 2 rings (SSSR count). The van der Waals surface area contributed by atoms with E-state index in [4.69, 9.17) is 4.74 Å². The Morgan fingerprint density at radius 2 is 1.77 bits per heavy atom. The molecular weight excluding hydrogens is 272 g/mol. The van der Waals surface area contributed by atoms with Crippen LogP contribution < -0.4 is 4.74 Å². The van der Waals surface area contributed by atoms with Gasteiger partial charge in [0.25, 0.3) is 0 Å². The van der Waals surface area contributed by atoms with E-state index in [0.717, 1.165) is 31.7 Å². The molecule has 0 aromatic heterocycles. The molecule has 1 aliphatic rings. The summed E-state index contributed by atoms with van der Waals surface area (Å²) in [6.07, 6.45) is 3.97. The van der Waals surface area contributed by atoms with Gasteiger partial charge < -0.3 is 14.5 Å². The fourth-order valence-corrected chi connectivity index (χ4v) is 3.09. The van der Waals surface area contributed by atoms with Crippen LogP contribution in [0.25, 0.3) is 0 Å². The third-order valence-corrected chi connectivity index (χ3v) is 4.36. The van der Waals surface area contributed by atoms with Crippen LogP contribution in [0.4, 0.5) is 0 Å². The maximum Gasteiger partial charge on any atom is 0.125 e. The third kappa shape index (κ3) is 4.85. The molecule has 0 saturated carbocycles. The Bertz CT molecular complexity index is 467. The molecule has 0 aliphatic carbocycles. The van der Waals surface area contributed by atoms with Crippen LogP contribution in [0.2, 0.25) is 0 Å². The highest BCUT2D eigenvalue weighted by atomic mass is 16.5. The van der Waals surface area contributed by atoms with E-state index >= 15 is 0 Å². The molecule has 22 heavy (non-hydrogen) atoms. The number of allylic oxidation sites excluding steroid dienone is 1. The lowest BCUT2D eigenvalue weighted by atomic mass is 10.0. The highest BCUT2D eigenvalue weighted by Crippen LogP contribution is 2.25. The van der Waals surface area contributed by atoms with Gasteiger partial charge in [-0.2, -0.15) is 0 Å². The summed E-state index contributed by atoms with van der Waals surface area (Å²) < 4.78 is 6.05. The van der Waals surface area contributed by atoms with Crippen molar-refractivity contribution in [3.8, 4) is 5.75 Å². The first-order chi connectivity index (χ1) is 10.6. The number of rotatable bonds is 7. The van der Waals surface area contributed by atoms with Crippen molar-refractivity contribution in [1.82, 2.24) is 9.80 Å². The predicted molar refractivity (Wildman–Crippen MR) is 93.9 cm³/mol. The number of aryl methyl sites for hydroxylation is 2. The van der Waals surface area contributed by atoms with Gasteiger partial charge in [-0.3, -0.25) is 0 Å². The molecule has 3 nitrogen and oxygen atoms in total. The van der Waals surface area contributed by atoms with Crippen molar-refractivity contribution in [3.05, 3.63) is 41.5 Å². The van der Waals surface area contributed by atoms with E-state index in [0.29, 0.717) is 0 Å². The largest absolute Gasteiger partial charge is 0.493 e. The van der Waals surface area contributed by atoms with Crippen LogP contribution in [-0.4, -0.2) is 56.2 Å². The Balaban J connectivity index is 1.78. The van der Waals surface area contributed by atoms with Gasteiger partial charge in [0.2, 0.25) is 0 Å². The Morgan fingerprint density at radius 1 is 1.14 bits per heavy atom. The molecule has 1 aromatic rings. The van der Waals surface area contributed by atoms with E-state index < -0.39 is 0 Å². The second kappa shape index (κ2) is 8.35. The zero-order valence-corrected chi connectivity index (χ0v) is 14.4. The molecular formula is C19H30N2O. The maximum atomic E-state index is 6.05. The van der Waals surface area contributed by atoms with Crippen molar-refractivity contribution in [2.24, 2.45) is 0 Å². The lowest BCUT2D eigenvalue weighted by Crippen LogP contribution is -2.44. The van der Waals surface area contributed by atoms with Gasteiger partial charge in [0.15, 0.2) is 0 Å². The number of ether oxygens (including phenoxy) is 1. The fourth-order valence-electron chi connectivity index (χ4n) is 3.09. The quantitative estimate of drug-likeness (QED) is 0.569. The third-order valence-electron chi connectivity index (χ3n) is 4.36. The molecule has 3 heteroatoms. The summed E-state index contributed by atoms with van der Waals surface area (Å²) in [4.78, 5) is 4.93. The van der Waals surface area contributed by atoms with Crippen LogP contribution in [0.1, 0.15) is 23.1 Å². The maximum absolute atomic E-state index is 6.05. The zero-order chi connectivity index (χ0) is 15.9. The molecule has 0 bridgehead atoms. The van der Waals surface area contributed by atoms with Crippen molar-refractivity contribution in [3.63, 3.8) is 0 Å². The highest BCUT2D eigenvalue weighted by molar-refractivity contribution is 5.43. The molecule has 1 fully saturated rings. The second-order valence-corrected chi connectivity index (χ2v) is 6.40. The Hall–Kier alpha value is -1.32. The van der Waals surface area contributed by atoms with Crippen LogP contribution in [0.5, 0.6) is 5.75 Å². The van der Waals surface area contributed by atoms with Crippen LogP contribution in [-0.2, 0) is 6.42 Å². The molecule has 0 radical (unpaired) electrons. The zero-order valence-electron chi connectivity index (χ0n) is 14.4. The molecule has 1 saturated heterocycles. The minimum Gasteiger partial charge on any atom is -0.493 e. The molecule has 0 spiro atoms. The summed E-state index contributed by atoms with van der Waals surface area (Å²) in [6, 6.07) is 4.43. The highest BCUT2D eigenvalue weighted by Gasteiger charge is 2.13. The van der Waals surface area contributed by atoms with Crippen molar-refractivity contribution in [2.45, 2.75) is 26.7 Å². The van der Waals surface area contributed by atoms with Gasteiger partial charge in [0, 0.05) is 32.7 Å². The number of hydrogen-bond acceptors (Lipinski definition) is 3. The summed E-state index contributed by atoms with van der Waals surface area (Å²) in [6.45, 7) is 14.8. The molecule has 0 atom stereocenters. The average molecular weight is 302 g/mol. The summed E-state index contributed by atoms with van der Waals surface area (Å²) in [5.74, 6) is 1.06. The van der Waals surface area contributed by atoms with E-state index in [9.17, 15) is 0 Å². The normalized spacial score (nSPS) is 16.7. The van der Waals surface area contributed by atoms with Gasteiger partial charge in [-0.05, 0) is 50.4 Å². The number of hydrogen-bond donors (Lipinski definition) is 0. The smallest absolute Gasteiger partial charge is 0.125 e. The molecule has 0 N–H and O–H groups in total. The van der Waals surface area contributed by atoms with E-state index in [1.54, 1.807) is 0 Å². The summed E-state index contributed by atoms with van der Waals surface area (Å²) in [5.41, 5.74) is 3.78. The standard InChI is InChI=1S/C19H30N2O/c1-5-7-18-14-16(2)19(17(3)15-18)22-13-6-8-21-11-9-20(4)10-12-21/h5,14-15H,1,6-13H2,2-4H3. The SMILES string of the molecule is C=CCc1cc(C)c(OCCCN2CCN(C)CC2)c(C)c1. The Labute approximate surface area is 135 Å². The van der Waals surface area contributed by atoms with E-state index in [-0.39, 0.29) is 0 Å². The predicted octanol–water partition coefficient (Wildman–Crippen LogP) is 3.05. The van der Waals surface area contributed by atoms with Crippen LogP contribution >= 0.6 is 0 Å². The van der Waals surface area contributed by atoms with Crippen molar-refractivity contribution in [1.29, 1.82) is 0 Å². The molecule has 1 heterocycles. The summed E-state index contributed by atoms with van der Waals surface area (Å²) in [7, 11) is 2.20. The Morgan fingerprint density at radius 3 is 2.36 bits per heavy atom. The molecule has 0 amide bonds. The first kappa shape index (κ1) is 17.0. The molecule has 122 valence electrons. The van der Waals surface area contributed by atoms with Crippen molar-refractivity contribution in [2.75, 3.05) is 46.4 Å². The number of piperazine rings is 1. The number of nitrogens with zero attached hydrogens (tertiary/aromatic N) is 2. The molecule has 1 aliphatic heterocycles. The summed E-state index contributed by atoms with van der Waals surface area (Å²) in [5, 5.41) is 0. The van der Waals surface area contributed by atoms with Gasteiger partial charge in [0.1, 0.15) is 5.75 Å². The van der Waals surface area contributed by atoms with Crippen LogP contribution in [0.3, 0.4) is 0 Å². The average Bonchev–Trinajstić information content (AvgIpc) is 2.48. The van der Waals surface area contributed by atoms with Gasteiger partial charge in [-0.1, -0.05) is 18.2 Å². The molecule has 1 aromatic carbocycles. The van der Waals surface area contributed by atoms with Crippen molar-refractivity contribution < 1.29 is 4.74 Å². The molecule has 0 unspecified atom stereocenters. The lowest BCUT2D eigenvalue weighted by molar-refractivity contribution is 0.145. The van der Waals surface area contributed by atoms with Gasteiger partial charge in [-0.25, -0.2) is 0 Å². The van der Waals surface area contributed by atoms with Gasteiger partial charge in [0.05, 0.1) is 6.61 Å². The minimum absolute atomic E-state index is 0.800. The minimum atomic E-state index is 0.800. The van der Waals surface area contributed by atoms with E-state index in [1.165, 1.54) is 42.9 Å². The number of benzene rings is 1.